The maximum absolute atomic E-state index is 12.1. The zero-order chi connectivity index (χ0) is 14.3. The molecule has 0 amide bonds. The van der Waals surface area contributed by atoms with Crippen LogP contribution in [-0.2, 0) is 0 Å². The van der Waals surface area contributed by atoms with Crippen LogP contribution in [0.4, 0.5) is 5.69 Å². The van der Waals surface area contributed by atoms with Gasteiger partial charge in [0.2, 0.25) is 5.52 Å². The van der Waals surface area contributed by atoms with Crippen LogP contribution in [0.3, 0.4) is 0 Å². The van der Waals surface area contributed by atoms with Gasteiger partial charge in [-0.2, -0.15) is 0 Å². The Balaban J connectivity index is 2.14. The molecule has 0 radical (unpaired) electrons. The van der Waals surface area contributed by atoms with Crippen molar-refractivity contribution in [1.82, 2.24) is 9.90 Å². The quantitative estimate of drug-likeness (QED) is 0.313. The normalized spacial score (nSPS) is 10.8. The molecule has 100 valence electrons. The van der Waals surface area contributed by atoms with E-state index in [0.717, 1.165) is 4.80 Å². The first kappa shape index (κ1) is 12.4. The van der Waals surface area contributed by atoms with Gasteiger partial charge in [-0.25, -0.2) is 0 Å². The molecule has 7 nitrogen and oxygen atoms in total. The van der Waals surface area contributed by atoms with Crippen molar-refractivity contribution in [3.8, 4) is 5.69 Å². The molecule has 0 fully saturated rings. The van der Waals surface area contributed by atoms with Crippen molar-refractivity contribution < 1.29 is 9.77 Å². The minimum absolute atomic E-state index is 0.0500. The number of nitrogens with zero attached hydrogens (tertiary/aromatic N) is 4. The highest BCUT2D eigenvalue weighted by Crippen LogP contribution is 2.17. The van der Waals surface area contributed by atoms with E-state index in [0.29, 0.717) is 26.6 Å². The number of halogens is 1. The van der Waals surface area contributed by atoms with Crippen molar-refractivity contribution in [2.24, 2.45) is 0 Å². The first-order valence-corrected chi connectivity index (χ1v) is 5.97. The first-order chi connectivity index (χ1) is 9.56. The van der Waals surface area contributed by atoms with Crippen molar-refractivity contribution in [2.75, 3.05) is 0 Å². The van der Waals surface area contributed by atoms with E-state index in [1.165, 1.54) is 24.3 Å². The summed E-state index contributed by atoms with van der Waals surface area (Å²) in [6, 6.07) is 10.3. The van der Waals surface area contributed by atoms with Gasteiger partial charge >= 0.3 is 0 Å². The Morgan fingerprint density at radius 1 is 1.20 bits per heavy atom. The Bertz CT molecular complexity index is 813. The van der Waals surface area contributed by atoms with Crippen LogP contribution in [0.15, 0.2) is 42.5 Å². The number of aromatic nitrogens is 3. The monoisotopic (exact) mass is 290 g/mol. The topological polar surface area (TPSA) is 87.9 Å². The molecule has 0 atom stereocenters. The molecule has 0 saturated carbocycles. The Morgan fingerprint density at radius 3 is 2.55 bits per heavy atom. The van der Waals surface area contributed by atoms with Gasteiger partial charge in [-0.3, -0.25) is 10.1 Å². The molecule has 0 saturated heterocycles. The minimum atomic E-state index is -0.506. The molecule has 3 aromatic rings. The predicted molar refractivity (Wildman–Crippen MR) is 71.7 cm³/mol. The lowest BCUT2D eigenvalue weighted by Crippen LogP contribution is -2.37. The molecule has 0 spiro atoms. The van der Waals surface area contributed by atoms with E-state index >= 15 is 0 Å². The van der Waals surface area contributed by atoms with Gasteiger partial charge in [0.05, 0.1) is 10.0 Å². The van der Waals surface area contributed by atoms with E-state index in [1.807, 2.05) is 0 Å². The molecular formula is C12H7ClN4O3. The van der Waals surface area contributed by atoms with Crippen LogP contribution in [0.25, 0.3) is 16.7 Å². The van der Waals surface area contributed by atoms with E-state index in [9.17, 15) is 15.3 Å². The summed E-state index contributed by atoms with van der Waals surface area (Å²) < 4.78 is 0. The second-order valence-electron chi connectivity index (χ2n) is 4.07. The summed E-state index contributed by atoms with van der Waals surface area (Å²) in [4.78, 5) is 11.8. The van der Waals surface area contributed by atoms with Crippen molar-refractivity contribution >= 4 is 28.3 Å². The highest BCUT2D eigenvalue weighted by Gasteiger charge is 2.17. The maximum Gasteiger partial charge on any atom is 0.269 e. The van der Waals surface area contributed by atoms with E-state index in [1.54, 1.807) is 18.2 Å². The van der Waals surface area contributed by atoms with Crippen molar-refractivity contribution in [3.63, 3.8) is 0 Å². The second-order valence-corrected chi connectivity index (χ2v) is 4.51. The summed E-state index contributed by atoms with van der Waals surface area (Å²) in [5.74, 6) is 0. The van der Waals surface area contributed by atoms with E-state index in [4.69, 9.17) is 11.6 Å². The van der Waals surface area contributed by atoms with Crippen LogP contribution in [-0.4, -0.2) is 14.8 Å². The molecule has 20 heavy (non-hydrogen) atoms. The fourth-order valence-corrected chi connectivity index (χ4v) is 2.02. The number of benzene rings is 2. The van der Waals surface area contributed by atoms with Gasteiger partial charge in [0, 0.05) is 23.2 Å². The van der Waals surface area contributed by atoms with E-state index in [-0.39, 0.29) is 5.69 Å². The number of nitro groups is 1. The largest absolute Gasteiger partial charge is 0.692 e. The van der Waals surface area contributed by atoms with Crippen LogP contribution in [0.5, 0.6) is 0 Å². The van der Waals surface area contributed by atoms with Gasteiger partial charge in [-0.15, -0.1) is 4.85 Å². The molecule has 0 aliphatic heterocycles. The molecule has 1 heterocycles. The Hall–Kier alpha value is -2.67. The Kier molecular flexibility index (Phi) is 2.76. The van der Waals surface area contributed by atoms with Gasteiger partial charge in [0.1, 0.15) is 5.69 Å². The predicted octanol–water partition coefficient (Wildman–Crippen LogP) is 2.22. The second kappa shape index (κ2) is 4.46. The summed E-state index contributed by atoms with van der Waals surface area (Å²) in [6.07, 6.45) is 0. The van der Waals surface area contributed by atoms with Crippen molar-refractivity contribution in [1.29, 1.82) is 0 Å². The number of nitro benzene ring substituents is 1. The summed E-state index contributed by atoms with van der Waals surface area (Å²) in [6.45, 7) is 0. The lowest BCUT2D eigenvalue weighted by molar-refractivity contribution is -0.664. The average molecular weight is 291 g/mol. The van der Waals surface area contributed by atoms with Gasteiger partial charge < -0.3 is 5.21 Å². The SMILES string of the molecule is O=[N+]([O-])c1ccc(-n2nc3cc(Cl)ccc3[n+]2[O-])cc1. The number of fused-ring (bicyclic) bond motifs is 1. The van der Waals surface area contributed by atoms with Gasteiger partial charge in [0.25, 0.3) is 11.2 Å². The van der Waals surface area contributed by atoms with Crippen LogP contribution < -0.4 is 4.85 Å². The summed E-state index contributed by atoms with van der Waals surface area (Å²) in [5.41, 5.74) is 1.20. The lowest BCUT2D eigenvalue weighted by Gasteiger charge is -2.03. The van der Waals surface area contributed by atoms with E-state index < -0.39 is 4.92 Å². The zero-order valence-corrected chi connectivity index (χ0v) is 10.7. The molecule has 0 aliphatic rings. The van der Waals surface area contributed by atoms with E-state index in [2.05, 4.69) is 5.10 Å². The molecule has 1 aromatic heterocycles. The third kappa shape index (κ3) is 1.94. The number of non-ortho nitro benzene ring substituents is 1. The smallest absolute Gasteiger partial charge is 0.269 e. The first-order valence-electron chi connectivity index (χ1n) is 5.59. The lowest BCUT2D eigenvalue weighted by atomic mass is 10.3. The molecule has 0 bridgehead atoms. The molecule has 0 unspecified atom stereocenters. The van der Waals surface area contributed by atoms with Crippen LogP contribution in [0.2, 0.25) is 5.02 Å². The summed E-state index contributed by atoms with van der Waals surface area (Å²) in [7, 11) is 0. The fourth-order valence-electron chi connectivity index (χ4n) is 1.85. The maximum atomic E-state index is 12.1. The molecule has 0 aliphatic carbocycles. The number of hydrogen-bond donors (Lipinski definition) is 0. The Morgan fingerprint density at radius 2 is 1.90 bits per heavy atom. The highest BCUT2D eigenvalue weighted by atomic mass is 35.5. The molecular weight excluding hydrogens is 284 g/mol. The summed E-state index contributed by atoms with van der Waals surface area (Å²) >= 11 is 5.85. The highest BCUT2D eigenvalue weighted by molar-refractivity contribution is 6.31. The third-order valence-corrected chi connectivity index (χ3v) is 3.04. The third-order valence-electron chi connectivity index (χ3n) is 2.81. The molecule has 3 rings (SSSR count). The van der Waals surface area contributed by atoms with Gasteiger partial charge in [0.15, 0.2) is 0 Å². The van der Waals surface area contributed by atoms with Crippen LogP contribution in [0.1, 0.15) is 0 Å². The number of rotatable bonds is 2. The minimum Gasteiger partial charge on any atom is -0.692 e. The fraction of sp³-hybridized carbons (Fsp3) is 0. The molecule has 2 aromatic carbocycles. The standard InChI is InChI=1S/C12H7ClN4O3/c13-8-1-6-12-11(7-8)14-15(16(12)18)9-2-4-10(5-3-9)17(19)20/h1-7H. The van der Waals surface area contributed by atoms with Crippen LogP contribution in [0, 0.1) is 15.3 Å². The zero-order valence-electron chi connectivity index (χ0n) is 9.93. The molecule has 8 heteroatoms. The van der Waals surface area contributed by atoms with Gasteiger partial charge in [-0.05, 0) is 29.1 Å². The van der Waals surface area contributed by atoms with Crippen molar-refractivity contribution in [3.05, 3.63) is 62.8 Å². The molecule has 0 N–H and O–H groups in total. The van der Waals surface area contributed by atoms with Gasteiger partial charge in [-0.1, -0.05) is 11.6 Å². The Labute approximate surface area is 117 Å². The van der Waals surface area contributed by atoms with Crippen LogP contribution >= 0.6 is 11.6 Å². The average Bonchev–Trinajstić information content (AvgIpc) is 2.75. The summed E-state index contributed by atoms with van der Waals surface area (Å²) in [5, 5.41) is 27.3. The van der Waals surface area contributed by atoms with Crippen molar-refractivity contribution in [2.45, 2.75) is 0 Å². The number of hydrogen-bond acceptors (Lipinski definition) is 4.